The Bertz CT molecular complexity index is 409. The molecule has 0 N–H and O–H groups in total. The molecule has 0 radical (unpaired) electrons. The number of allylic oxidation sites excluding steroid dienone is 5. The van der Waals surface area contributed by atoms with E-state index in [1.807, 2.05) is 0 Å². The lowest BCUT2D eigenvalue weighted by Crippen LogP contribution is -2.48. The zero-order valence-corrected chi connectivity index (χ0v) is 10.9. The molecular formula is C15H19NS. The van der Waals surface area contributed by atoms with Crippen molar-refractivity contribution in [2.45, 2.75) is 37.0 Å². The van der Waals surface area contributed by atoms with E-state index in [4.69, 9.17) is 0 Å². The summed E-state index contributed by atoms with van der Waals surface area (Å²) < 4.78 is 0. The highest BCUT2D eigenvalue weighted by molar-refractivity contribution is 8.04. The fourth-order valence-electron chi connectivity index (χ4n) is 3.99. The summed E-state index contributed by atoms with van der Waals surface area (Å²) in [6.45, 7) is 1.29. The second-order valence-corrected chi connectivity index (χ2v) is 6.89. The first-order valence-corrected chi connectivity index (χ1v) is 7.77. The molecule has 17 heavy (non-hydrogen) atoms. The Morgan fingerprint density at radius 2 is 2.24 bits per heavy atom. The van der Waals surface area contributed by atoms with Crippen LogP contribution < -0.4 is 0 Å². The monoisotopic (exact) mass is 245 g/mol. The van der Waals surface area contributed by atoms with Crippen molar-refractivity contribution in [3.63, 3.8) is 0 Å². The van der Waals surface area contributed by atoms with Crippen molar-refractivity contribution in [1.29, 1.82) is 0 Å². The lowest BCUT2D eigenvalue weighted by Gasteiger charge is -2.44. The van der Waals surface area contributed by atoms with Crippen molar-refractivity contribution < 1.29 is 0 Å². The van der Waals surface area contributed by atoms with Crippen LogP contribution in [0.2, 0.25) is 0 Å². The van der Waals surface area contributed by atoms with E-state index in [1.165, 1.54) is 32.2 Å². The van der Waals surface area contributed by atoms with Crippen molar-refractivity contribution in [3.8, 4) is 0 Å². The van der Waals surface area contributed by atoms with E-state index in [0.29, 0.717) is 0 Å². The van der Waals surface area contributed by atoms with Gasteiger partial charge < -0.3 is 4.90 Å². The Labute approximate surface area is 108 Å². The number of thioether (sulfide) groups is 1. The number of piperidine rings is 1. The van der Waals surface area contributed by atoms with Crippen molar-refractivity contribution >= 4 is 11.8 Å². The van der Waals surface area contributed by atoms with Gasteiger partial charge in [0, 0.05) is 17.8 Å². The molecule has 0 spiro atoms. The quantitative estimate of drug-likeness (QED) is 0.642. The predicted octanol–water partition coefficient (Wildman–Crippen LogP) is 3.56. The van der Waals surface area contributed by atoms with Gasteiger partial charge in [-0.05, 0) is 48.6 Å². The molecule has 2 heteroatoms. The summed E-state index contributed by atoms with van der Waals surface area (Å²) in [4.78, 5) is 4.29. The largest absolute Gasteiger partial charge is 0.374 e. The van der Waals surface area contributed by atoms with E-state index < -0.39 is 0 Å². The van der Waals surface area contributed by atoms with E-state index >= 15 is 0 Å². The van der Waals surface area contributed by atoms with Crippen molar-refractivity contribution in [2.75, 3.05) is 6.54 Å². The first-order valence-electron chi connectivity index (χ1n) is 6.89. The molecule has 3 heterocycles. The highest BCUT2D eigenvalue weighted by Crippen LogP contribution is 2.55. The van der Waals surface area contributed by atoms with Crippen LogP contribution in [0.4, 0.5) is 0 Å². The zero-order chi connectivity index (χ0) is 11.2. The van der Waals surface area contributed by atoms with Crippen LogP contribution in [0.5, 0.6) is 0 Å². The molecular weight excluding hydrogens is 226 g/mol. The third-order valence-corrected chi connectivity index (χ3v) is 6.46. The molecule has 0 aromatic heterocycles. The number of rotatable bonds is 0. The first kappa shape index (κ1) is 10.3. The number of hydrogen-bond donors (Lipinski definition) is 0. The van der Waals surface area contributed by atoms with Gasteiger partial charge >= 0.3 is 0 Å². The summed E-state index contributed by atoms with van der Waals surface area (Å²) >= 11 is 2.20. The summed E-state index contributed by atoms with van der Waals surface area (Å²) in [7, 11) is 0. The fraction of sp³-hybridized carbons (Fsp3) is 0.600. The van der Waals surface area contributed by atoms with Crippen LogP contribution in [-0.2, 0) is 0 Å². The fourth-order valence-corrected chi connectivity index (χ4v) is 5.86. The van der Waals surface area contributed by atoms with Crippen LogP contribution in [0.3, 0.4) is 0 Å². The maximum atomic E-state index is 2.61. The molecule has 0 aromatic rings. The molecule has 4 atom stereocenters. The summed E-state index contributed by atoms with van der Waals surface area (Å²) in [6, 6.07) is 0.815. The molecule has 1 aliphatic carbocycles. The van der Waals surface area contributed by atoms with Gasteiger partial charge in [-0.1, -0.05) is 24.3 Å². The van der Waals surface area contributed by atoms with Crippen LogP contribution >= 0.6 is 11.8 Å². The summed E-state index contributed by atoms with van der Waals surface area (Å²) in [5.74, 6) is 1.81. The van der Waals surface area contributed by atoms with E-state index in [2.05, 4.69) is 47.2 Å². The second-order valence-electron chi connectivity index (χ2n) is 5.64. The molecule has 2 saturated heterocycles. The predicted molar refractivity (Wildman–Crippen MR) is 73.7 cm³/mol. The highest BCUT2D eigenvalue weighted by atomic mass is 32.2. The van der Waals surface area contributed by atoms with Gasteiger partial charge in [0.25, 0.3) is 0 Å². The van der Waals surface area contributed by atoms with Gasteiger partial charge in [0.1, 0.15) is 0 Å². The summed E-state index contributed by atoms with van der Waals surface area (Å²) in [5, 5.41) is 0.866. The maximum Gasteiger partial charge on any atom is 0.0412 e. The van der Waals surface area contributed by atoms with E-state index in [9.17, 15) is 0 Å². The van der Waals surface area contributed by atoms with Crippen molar-refractivity contribution in [3.05, 3.63) is 35.4 Å². The van der Waals surface area contributed by atoms with Crippen LogP contribution in [0, 0.1) is 11.8 Å². The minimum atomic E-state index is 0.815. The van der Waals surface area contributed by atoms with Crippen molar-refractivity contribution in [2.24, 2.45) is 11.8 Å². The molecule has 4 rings (SSSR count). The molecule has 0 aromatic carbocycles. The lowest BCUT2D eigenvalue weighted by molar-refractivity contribution is 0.141. The SMILES string of the molecule is C1=CCC2C(=C1)SC1C2CCN2C=CCCC12. The summed E-state index contributed by atoms with van der Waals surface area (Å²) in [6.07, 6.45) is 17.1. The van der Waals surface area contributed by atoms with Crippen molar-refractivity contribution in [1.82, 2.24) is 4.90 Å². The second kappa shape index (κ2) is 3.94. The average molecular weight is 245 g/mol. The van der Waals surface area contributed by atoms with Crippen LogP contribution in [0.15, 0.2) is 35.4 Å². The molecule has 0 saturated carbocycles. The Morgan fingerprint density at radius 3 is 3.24 bits per heavy atom. The third-order valence-electron chi connectivity index (χ3n) is 4.81. The van der Waals surface area contributed by atoms with Crippen LogP contribution in [0.25, 0.3) is 0 Å². The minimum absolute atomic E-state index is 0.815. The number of hydrogen-bond acceptors (Lipinski definition) is 2. The van der Waals surface area contributed by atoms with Gasteiger partial charge in [-0.15, -0.1) is 11.8 Å². The smallest absolute Gasteiger partial charge is 0.0412 e. The maximum absolute atomic E-state index is 2.61. The minimum Gasteiger partial charge on any atom is -0.374 e. The summed E-state index contributed by atoms with van der Waals surface area (Å²) in [5.41, 5.74) is 0. The molecule has 90 valence electrons. The van der Waals surface area contributed by atoms with Gasteiger partial charge in [-0.2, -0.15) is 0 Å². The van der Waals surface area contributed by atoms with Crippen LogP contribution in [-0.4, -0.2) is 22.7 Å². The zero-order valence-electron chi connectivity index (χ0n) is 10.1. The lowest BCUT2D eigenvalue weighted by atomic mass is 9.77. The number of nitrogens with zero attached hydrogens (tertiary/aromatic N) is 1. The molecule has 4 unspecified atom stereocenters. The van der Waals surface area contributed by atoms with Gasteiger partial charge in [-0.3, -0.25) is 0 Å². The molecule has 2 fully saturated rings. The first-order chi connectivity index (χ1) is 8.43. The topological polar surface area (TPSA) is 3.24 Å². The Balaban J connectivity index is 1.64. The van der Waals surface area contributed by atoms with E-state index in [1.54, 1.807) is 4.91 Å². The Kier molecular flexibility index (Phi) is 2.39. The third kappa shape index (κ3) is 1.53. The van der Waals surface area contributed by atoms with Gasteiger partial charge in [0.15, 0.2) is 0 Å². The average Bonchev–Trinajstić information content (AvgIpc) is 2.78. The van der Waals surface area contributed by atoms with Crippen LogP contribution in [0.1, 0.15) is 25.7 Å². The normalized spacial score (nSPS) is 42.8. The highest BCUT2D eigenvalue weighted by Gasteiger charge is 2.47. The molecule has 4 aliphatic rings. The van der Waals surface area contributed by atoms with E-state index in [-0.39, 0.29) is 0 Å². The molecule has 0 amide bonds. The molecule has 0 bridgehead atoms. The van der Waals surface area contributed by atoms with E-state index in [0.717, 1.165) is 23.1 Å². The van der Waals surface area contributed by atoms with Gasteiger partial charge in [-0.25, -0.2) is 0 Å². The Hall–Kier alpha value is -0.630. The van der Waals surface area contributed by atoms with Gasteiger partial charge in [0.2, 0.25) is 0 Å². The Morgan fingerprint density at radius 1 is 1.24 bits per heavy atom. The molecule has 1 nitrogen and oxygen atoms in total. The number of fused-ring (bicyclic) bond motifs is 5. The standard InChI is InChI=1S/C15H19NS/c1-2-7-14-11(5-1)12-8-10-16-9-4-3-6-13(16)15(12)17-14/h1-2,4,7,9,11-13,15H,3,5-6,8,10H2. The molecule has 3 aliphatic heterocycles. The van der Waals surface area contributed by atoms with Gasteiger partial charge in [0.05, 0.1) is 0 Å².